The van der Waals surface area contributed by atoms with Crippen molar-refractivity contribution in [2.75, 3.05) is 6.61 Å². The van der Waals surface area contributed by atoms with Gasteiger partial charge in [-0.2, -0.15) is 0 Å². The molecule has 0 saturated carbocycles. The van der Waals surface area contributed by atoms with E-state index in [0.29, 0.717) is 6.61 Å². The fourth-order valence-corrected chi connectivity index (χ4v) is 1.24. The summed E-state index contributed by atoms with van der Waals surface area (Å²) in [5.41, 5.74) is 0. The van der Waals surface area contributed by atoms with E-state index in [4.69, 9.17) is 9.84 Å². The van der Waals surface area contributed by atoms with Crippen molar-refractivity contribution in [1.82, 2.24) is 0 Å². The first-order chi connectivity index (χ1) is 7.16. The lowest BCUT2D eigenvalue weighted by Gasteiger charge is -2.02. The number of carbonyl (C=O) groups excluding carboxylic acids is 1. The molecule has 0 aliphatic heterocycles. The number of hydrogen-bond acceptors (Lipinski definition) is 3. The van der Waals surface area contributed by atoms with Gasteiger partial charge in [-0.15, -0.1) is 0 Å². The van der Waals surface area contributed by atoms with Gasteiger partial charge in [0.2, 0.25) is 0 Å². The quantitative estimate of drug-likeness (QED) is 0.365. The second-order valence-electron chi connectivity index (χ2n) is 3.56. The van der Waals surface area contributed by atoms with E-state index in [2.05, 4.69) is 6.92 Å². The molecule has 0 aromatic carbocycles. The van der Waals surface area contributed by atoms with Crippen LogP contribution in [-0.4, -0.2) is 23.7 Å². The fourth-order valence-electron chi connectivity index (χ4n) is 1.24. The van der Waals surface area contributed by atoms with E-state index in [-0.39, 0.29) is 0 Å². The molecule has 0 spiro atoms. The van der Waals surface area contributed by atoms with Crippen LogP contribution >= 0.6 is 0 Å². The summed E-state index contributed by atoms with van der Waals surface area (Å²) >= 11 is 0. The maximum atomic E-state index is 10.8. The molecule has 0 unspecified atom stereocenters. The van der Waals surface area contributed by atoms with Gasteiger partial charge in [-0.05, 0) is 6.42 Å². The normalized spacial score (nSPS) is 9.93. The number of ether oxygens (including phenoxy) is 1. The Balaban J connectivity index is 3.16. The largest absolute Gasteiger partial charge is 0.481 e. The minimum Gasteiger partial charge on any atom is -0.481 e. The molecule has 88 valence electrons. The van der Waals surface area contributed by atoms with Crippen LogP contribution in [0.5, 0.6) is 0 Å². The standard InChI is InChI=1S/C11H20O4/c1-2-3-4-5-6-7-8-15-11(14)9-10(12)13/h2-9H2,1H3,(H,12,13). The molecule has 4 heteroatoms. The van der Waals surface area contributed by atoms with Crippen molar-refractivity contribution in [1.29, 1.82) is 0 Å². The first-order valence-electron chi connectivity index (χ1n) is 5.54. The van der Waals surface area contributed by atoms with Gasteiger partial charge in [-0.1, -0.05) is 39.0 Å². The summed E-state index contributed by atoms with van der Waals surface area (Å²) in [6, 6.07) is 0. The van der Waals surface area contributed by atoms with Crippen LogP contribution < -0.4 is 0 Å². The number of hydrogen-bond donors (Lipinski definition) is 1. The van der Waals surface area contributed by atoms with Gasteiger partial charge >= 0.3 is 11.9 Å². The van der Waals surface area contributed by atoms with Crippen molar-refractivity contribution < 1.29 is 19.4 Å². The van der Waals surface area contributed by atoms with Crippen molar-refractivity contribution in [2.45, 2.75) is 51.9 Å². The summed E-state index contributed by atoms with van der Waals surface area (Å²) in [7, 11) is 0. The summed E-state index contributed by atoms with van der Waals surface area (Å²) in [5.74, 6) is -1.78. The van der Waals surface area contributed by atoms with Crippen LogP contribution in [0, 0.1) is 0 Å². The van der Waals surface area contributed by atoms with E-state index < -0.39 is 18.4 Å². The van der Waals surface area contributed by atoms with Gasteiger partial charge in [0.1, 0.15) is 6.42 Å². The van der Waals surface area contributed by atoms with Crippen LogP contribution in [0.15, 0.2) is 0 Å². The summed E-state index contributed by atoms with van der Waals surface area (Å²) < 4.78 is 4.74. The van der Waals surface area contributed by atoms with Gasteiger partial charge in [0, 0.05) is 0 Å². The average molecular weight is 216 g/mol. The van der Waals surface area contributed by atoms with Gasteiger partial charge in [-0.3, -0.25) is 9.59 Å². The van der Waals surface area contributed by atoms with Gasteiger partial charge < -0.3 is 9.84 Å². The van der Waals surface area contributed by atoms with E-state index in [1.54, 1.807) is 0 Å². The van der Waals surface area contributed by atoms with Gasteiger partial charge in [0.05, 0.1) is 6.61 Å². The number of aliphatic carboxylic acids is 1. The zero-order valence-corrected chi connectivity index (χ0v) is 9.33. The van der Waals surface area contributed by atoms with Crippen LogP contribution in [-0.2, 0) is 14.3 Å². The number of carboxylic acid groups (broad SMARTS) is 1. The highest BCUT2D eigenvalue weighted by Gasteiger charge is 2.07. The van der Waals surface area contributed by atoms with Gasteiger partial charge in [-0.25, -0.2) is 0 Å². The predicted molar refractivity (Wildman–Crippen MR) is 56.6 cm³/mol. The average Bonchev–Trinajstić information content (AvgIpc) is 2.15. The Bertz CT molecular complexity index is 189. The van der Waals surface area contributed by atoms with E-state index in [1.165, 1.54) is 19.3 Å². The van der Waals surface area contributed by atoms with E-state index in [1.807, 2.05) is 0 Å². The van der Waals surface area contributed by atoms with Crippen LogP contribution in [0.1, 0.15) is 51.9 Å². The lowest BCUT2D eigenvalue weighted by Crippen LogP contribution is -2.11. The Morgan fingerprint density at radius 1 is 1.07 bits per heavy atom. The summed E-state index contributed by atoms with van der Waals surface area (Å²) in [4.78, 5) is 20.9. The first-order valence-corrected chi connectivity index (χ1v) is 5.54. The molecule has 0 fully saturated rings. The first kappa shape index (κ1) is 13.9. The molecule has 4 nitrogen and oxygen atoms in total. The molecule has 0 aromatic heterocycles. The van der Waals surface area contributed by atoms with Crippen molar-refractivity contribution in [3.8, 4) is 0 Å². The smallest absolute Gasteiger partial charge is 0.317 e. The minimum atomic E-state index is -1.14. The molecule has 0 saturated heterocycles. The Kier molecular flexibility index (Phi) is 8.82. The molecular formula is C11H20O4. The molecule has 0 aromatic rings. The van der Waals surface area contributed by atoms with Crippen LogP contribution in [0.3, 0.4) is 0 Å². The third kappa shape index (κ3) is 10.9. The summed E-state index contributed by atoms with van der Waals surface area (Å²) in [6.07, 6.45) is 6.18. The summed E-state index contributed by atoms with van der Waals surface area (Å²) in [6.45, 7) is 2.51. The molecule has 0 rings (SSSR count). The summed E-state index contributed by atoms with van der Waals surface area (Å²) in [5, 5.41) is 8.28. The monoisotopic (exact) mass is 216 g/mol. The number of esters is 1. The molecular weight excluding hydrogens is 196 g/mol. The second-order valence-corrected chi connectivity index (χ2v) is 3.56. The van der Waals surface area contributed by atoms with E-state index >= 15 is 0 Å². The maximum Gasteiger partial charge on any atom is 0.317 e. The number of carboxylic acids is 1. The topological polar surface area (TPSA) is 63.6 Å². The highest BCUT2D eigenvalue weighted by molar-refractivity contribution is 5.90. The highest BCUT2D eigenvalue weighted by Crippen LogP contribution is 2.05. The van der Waals surface area contributed by atoms with Crippen molar-refractivity contribution in [2.24, 2.45) is 0 Å². The Labute approximate surface area is 90.6 Å². The van der Waals surface area contributed by atoms with E-state index in [0.717, 1.165) is 19.3 Å². The SMILES string of the molecule is CCCCCCCCOC(=O)CC(=O)O. The number of rotatable bonds is 9. The highest BCUT2D eigenvalue weighted by atomic mass is 16.5. The molecule has 1 N–H and O–H groups in total. The molecule has 0 radical (unpaired) electrons. The van der Waals surface area contributed by atoms with Crippen LogP contribution in [0.25, 0.3) is 0 Å². The zero-order chi connectivity index (χ0) is 11.5. The molecule has 15 heavy (non-hydrogen) atoms. The molecule has 0 aliphatic rings. The molecule has 0 aliphatic carbocycles. The predicted octanol–water partition coefficient (Wildman–Crippen LogP) is 2.36. The van der Waals surface area contributed by atoms with E-state index in [9.17, 15) is 9.59 Å². The van der Waals surface area contributed by atoms with Gasteiger partial charge in [0.25, 0.3) is 0 Å². The minimum absolute atomic E-state index is 0.345. The lowest BCUT2D eigenvalue weighted by molar-refractivity contribution is -0.151. The molecule has 0 bridgehead atoms. The van der Waals surface area contributed by atoms with Gasteiger partial charge in [0.15, 0.2) is 0 Å². The number of unbranched alkanes of at least 4 members (excludes halogenated alkanes) is 5. The lowest BCUT2D eigenvalue weighted by atomic mass is 10.1. The Hall–Kier alpha value is -1.06. The van der Waals surface area contributed by atoms with Crippen LogP contribution in [0.4, 0.5) is 0 Å². The Morgan fingerprint density at radius 3 is 2.27 bits per heavy atom. The number of carbonyl (C=O) groups is 2. The van der Waals surface area contributed by atoms with Crippen molar-refractivity contribution in [3.05, 3.63) is 0 Å². The maximum absolute atomic E-state index is 10.8. The van der Waals surface area contributed by atoms with Crippen molar-refractivity contribution in [3.63, 3.8) is 0 Å². The third-order valence-electron chi connectivity index (χ3n) is 2.06. The van der Waals surface area contributed by atoms with Crippen LogP contribution in [0.2, 0.25) is 0 Å². The van der Waals surface area contributed by atoms with Crippen molar-refractivity contribution >= 4 is 11.9 Å². The Morgan fingerprint density at radius 2 is 1.67 bits per heavy atom. The zero-order valence-electron chi connectivity index (χ0n) is 9.33. The third-order valence-corrected chi connectivity index (χ3v) is 2.06. The molecule has 0 amide bonds. The molecule has 0 atom stereocenters. The fraction of sp³-hybridized carbons (Fsp3) is 0.818. The second kappa shape index (κ2) is 9.49. The molecule has 0 heterocycles.